The van der Waals surface area contributed by atoms with Crippen molar-refractivity contribution in [1.29, 1.82) is 0 Å². The third kappa shape index (κ3) is 2.51. The van der Waals surface area contributed by atoms with Gasteiger partial charge in [0.15, 0.2) is 5.58 Å². The maximum Gasteiger partial charge on any atom is 0.455 e. The Morgan fingerprint density at radius 1 is 1.71 bits per heavy atom. The number of fused-ring (bicyclic) bond motifs is 1. The van der Waals surface area contributed by atoms with Crippen molar-refractivity contribution in [2.75, 3.05) is 7.11 Å². The van der Waals surface area contributed by atoms with Crippen molar-refractivity contribution in [3.8, 4) is 0 Å². The molecule has 2 aromatic rings. The summed E-state index contributed by atoms with van der Waals surface area (Å²) in [6.45, 7) is -3.54. The van der Waals surface area contributed by atoms with Crippen LogP contribution in [0.4, 0.5) is 0 Å². The lowest BCUT2D eigenvalue weighted by molar-refractivity contribution is 0.192. The fourth-order valence-electron chi connectivity index (χ4n) is 1.07. The number of rotatable bonds is 3. The zero-order chi connectivity index (χ0) is 12.6. The summed E-state index contributed by atoms with van der Waals surface area (Å²) in [4.78, 5) is 24.7. The molecule has 0 saturated heterocycles. The van der Waals surface area contributed by atoms with E-state index in [1.165, 1.54) is 19.4 Å². The monoisotopic (exact) mass is 296 g/mol. The lowest BCUT2D eigenvalue weighted by atomic mass is 10.5. The van der Waals surface area contributed by atoms with E-state index in [4.69, 9.17) is 20.6 Å². The van der Waals surface area contributed by atoms with Crippen LogP contribution < -0.4 is 10.4 Å². The van der Waals surface area contributed by atoms with Gasteiger partial charge in [-0.15, -0.1) is 0 Å². The molecule has 1 unspecified atom stereocenters. The van der Waals surface area contributed by atoms with Crippen LogP contribution in [0, 0.1) is 0 Å². The van der Waals surface area contributed by atoms with Crippen molar-refractivity contribution >= 4 is 41.4 Å². The summed E-state index contributed by atoms with van der Waals surface area (Å²) in [5.41, 5.74) is 0.174. The number of aromatic nitrogens is 2. The second-order valence-electron chi connectivity index (χ2n) is 2.87. The number of oxazole rings is 1. The summed E-state index contributed by atoms with van der Waals surface area (Å²) >= 11 is 10.3. The summed E-state index contributed by atoms with van der Waals surface area (Å²) in [6.07, 6.45) is 1.30. The van der Waals surface area contributed by atoms with Crippen molar-refractivity contribution in [2.24, 2.45) is 0 Å². The molecule has 0 spiro atoms. The Kier molecular flexibility index (Phi) is 3.24. The Bertz CT molecular complexity index is 668. The molecule has 0 saturated carbocycles. The summed E-state index contributed by atoms with van der Waals surface area (Å²) in [5.74, 6) is -0.880. The third-order valence-corrected chi connectivity index (χ3v) is 3.46. The number of halogens is 1. The van der Waals surface area contributed by atoms with Gasteiger partial charge in [-0.1, -0.05) is 16.3 Å². The lowest BCUT2D eigenvalue weighted by Crippen LogP contribution is -2.21. The van der Waals surface area contributed by atoms with Gasteiger partial charge in [-0.2, -0.15) is 0 Å². The van der Waals surface area contributed by atoms with Crippen LogP contribution >= 0.6 is 18.3 Å². The van der Waals surface area contributed by atoms with E-state index in [1.54, 1.807) is 0 Å². The molecule has 1 N–H and O–H groups in total. The molecule has 0 aliphatic carbocycles. The average Bonchev–Trinajstić information content (AvgIpc) is 2.54. The van der Waals surface area contributed by atoms with Gasteiger partial charge >= 0.3 is 12.5 Å². The topological polar surface area (TPSA) is 86.7 Å². The van der Waals surface area contributed by atoms with Crippen molar-refractivity contribution in [1.82, 2.24) is 9.71 Å². The molecular formula is C7H6ClN2O5PS. The van der Waals surface area contributed by atoms with Gasteiger partial charge in [-0.25, -0.2) is 9.78 Å². The van der Waals surface area contributed by atoms with Crippen LogP contribution in [0.25, 0.3) is 11.2 Å². The van der Waals surface area contributed by atoms with Crippen LogP contribution in [-0.2, 0) is 16.3 Å². The van der Waals surface area contributed by atoms with Gasteiger partial charge in [0.25, 0.3) is 0 Å². The SMILES string of the molecule is COP(O)(=S)On1c(=O)oc2cc(Cl)cnc21. The fourth-order valence-corrected chi connectivity index (χ4v) is 1.84. The minimum absolute atomic E-state index is 0.0553. The first kappa shape index (κ1) is 12.5. The summed E-state index contributed by atoms with van der Waals surface area (Å²) in [5, 5.41) is 0.300. The van der Waals surface area contributed by atoms with Gasteiger partial charge in [-0.3, -0.25) is 0 Å². The highest BCUT2D eigenvalue weighted by atomic mass is 35.5. The van der Waals surface area contributed by atoms with E-state index in [1.807, 2.05) is 0 Å². The Labute approximate surface area is 105 Å². The van der Waals surface area contributed by atoms with Crippen LogP contribution in [-0.4, -0.2) is 21.7 Å². The van der Waals surface area contributed by atoms with E-state index < -0.39 is 12.5 Å². The zero-order valence-corrected chi connectivity index (χ0v) is 10.8. The van der Waals surface area contributed by atoms with E-state index in [2.05, 4.69) is 21.3 Å². The minimum Gasteiger partial charge on any atom is -0.404 e. The Morgan fingerprint density at radius 3 is 3.06 bits per heavy atom. The quantitative estimate of drug-likeness (QED) is 0.843. The van der Waals surface area contributed by atoms with Crippen LogP contribution in [0.5, 0.6) is 0 Å². The largest absolute Gasteiger partial charge is 0.455 e. The number of nitrogens with zero attached hydrogens (tertiary/aromatic N) is 2. The molecule has 10 heteroatoms. The first-order chi connectivity index (χ1) is 7.93. The fraction of sp³-hybridized carbons (Fsp3) is 0.143. The van der Waals surface area contributed by atoms with Crippen molar-refractivity contribution in [2.45, 2.75) is 0 Å². The first-order valence-electron chi connectivity index (χ1n) is 4.18. The highest BCUT2D eigenvalue weighted by Crippen LogP contribution is 2.38. The molecular weight excluding hydrogens is 291 g/mol. The molecule has 0 aliphatic heterocycles. The van der Waals surface area contributed by atoms with Gasteiger partial charge in [0.2, 0.25) is 5.65 Å². The van der Waals surface area contributed by atoms with Gasteiger partial charge < -0.3 is 18.5 Å². The van der Waals surface area contributed by atoms with E-state index in [-0.39, 0.29) is 11.2 Å². The second kappa shape index (κ2) is 4.40. The predicted octanol–water partition coefficient (Wildman–Crippen LogP) is 0.935. The van der Waals surface area contributed by atoms with Gasteiger partial charge in [-0.05, 0) is 0 Å². The number of hydrogen-bond donors (Lipinski definition) is 1. The molecule has 0 fully saturated rings. The van der Waals surface area contributed by atoms with E-state index in [0.717, 1.165) is 0 Å². The second-order valence-corrected chi connectivity index (χ2v) is 6.16. The van der Waals surface area contributed by atoms with E-state index in [9.17, 15) is 9.69 Å². The molecule has 92 valence electrons. The normalized spacial score (nSPS) is 14.8. The van der Waals surface area contributed by atoms with Crippen molar-refractivity contribution < 1.29 is 18.5 Å². The molecule has 2 heterocycles. The Hall–Kier alpha value is -0.920. The third-order valence-electron chi connectivity index (χ3n) is 1.77. The van der Waals surface area contributed by atoms with E-state index in [0.29, 0.717) is 9.75 Å². The average molecular weight is 297 g/mol. The predicted molar refractivity (Wildman–Crippen MR) is 63.4 cm³/mol. The maximum absolute atomic E-state index is 11.4. The summed E-state index contributed by atoms with van der Waals surface area (Å²) in [7, 11) is 1.17. The van der Waals surface area contributed by atoms with E-state index >= 15 is 0 Å². The molecule has 0 amide bonds. The highest BCUT2D eigenvalue weighted by Gasteiger charge is 2.20. The molecule has 0 aromatic carbocycles. The standard InChI is InChI=1S/C7H6ClN2O5PS/c1-13-16(12,17)15-10-6-5(14-7(10)11)2-4(8)3-9-6/h2-3H,1H3,(H,12,17). The van der Waals surface area contributed by atoms with Crippen LogP contribution in [0.2, 0.25) is 5.02 Å². The number of hydrogen-bond acceptors (Lipinski definition) is 6. The first-order valence-corrected chi connectivity index (χ1v) is 7.15. The van der Waals surface area contributed by atoms with Crippen LogP contribution in [0.3, 0.4) is 0 Å². The van der Waals surface area contributed by atoms with Gasteiger partial charge in [0.05, 0.1) is 5.02 Å². The van der Waals surface area contributed by atoms with Crippen molar-refractivity contribution in [3.05, 3.63) is 27.8 Å². The molecule has 17 heavy (non-hydrogen) atoms. The molecule has 2 rings (SSSR count). The minimum atomic E-state index is -3.54. The molecule has 1 atom stereocenters. The van der Waals surface area contributed by atoms with Gasteiger partial charge in [0.1, 0.15) is 0 Å². The van der Waals surface area contributed by atoms with Gasteiger partial charge in [0, 0.05) is 31.2 Å². The Morgan fingerprint density at radius 2 is 2.41 bits per heavy atom. The molecule has 2 aromatic heterocycles. The maximum atomic E-state index is 11.4. The molecule has 0 radical (unpaired) electrons. The summed E-state index contributed by atoms with van der Waals surface area (Å²) in [6, 6.07) is 1.39. The highest BCUT2D eigenvalue weighted by molar-refractivity contribution is 8.07. The van der Waals surface area contributed by atoms with Crippen molar-refractivity contribution in [3.63, 3.8) is 0 Å². The molecule has 0 bridgehead atoms. The van der Waals surface area contributed by atoms with Crippen LogP contribution in [0.1, 0.15) is 0 Å². The Balaban J connectivity index is 2.58. The lowest BCUT2D eigenvalue weighted by Gasteiger charge is -2.11. The molecule has 7 nitrogen and oxygen atoms in total. The molecule has 0 aliphatic rings. The zero-order valence-electron chi connectivity index (χ0n) is 8.36. The number of pyridine rings is 1. The summed E-state index contributed by atoms with van der Waals surface area (Å²) < 4.78 is 14.8. The smallest absolute Gasteiger partial charge is 0.404 e. The van der Waals surface area contributed by atoms with Crippen LogP contribution in [0.15, 0.2) is 21.5 Å².